The lowest BCUT2D eigenvalue weighted by Gasteiger charge is -2.36. The molecule has 0 saturated carbocycles. The molecule has 0 radical (unpaired) electrons. The second kappa shape index (κ2) is 13.4. The molecule has 212 valence electrons. The van der Waals surface area contributed by atoms with Gasteiger partial charge in [0.25, 0.3) is 11.7 Å². The Bertz CT molecular complexity index is 1350. The molecule has 2 heterocycles. The van der Waals surface area contributed by atoms with Gasteiger partial charge in [-0.2, -0.15) is 4.98 Å². The molecule has 0 unspecified atom stereocenters. The fourth-order valence-electron chi connectivity index (χ4n) is 4.55. The molecule has 4 N–H and O–H groups in total. The fraction of sp³-hybridized carbons (Fsp3) is 0.357. The largest absolute Gasteiger partial charge is 0.494 e. The molecule has 4 rings (SSSR count). The average Bonchev–Trinajstić information content (AvgIpc) is 2.97. The number of nitrogens with zero attached hydrogens (tertiary/aromatic N) is 4. The van der Waals surface area contributed by atoms with Crippen LogP contribution in [0.4, 0.5) is 28.8 Å². The van der Waals surface area contributed by atoms with Crippen LogP contribution >= 0.6 is 11.6 Å². The molecule has 11 nitrogen and oxygen atoms in total. The van der Waals surface area contributed by atoms with Crippen molar-refractivity contribution in [3.63, 3.8) is 0 Å². The Balaban J connectivity index is 1.51. The highest BCUT2D eigenvalue weighted by molar-refractivity contribution is 6.44. The maximum Gasteiger partial charge on any atom is 0.292 e. The van der Waals surface area contributed by atoms with Crippen molar-refractivity contribution in [1.29, 1.82) is 0 Å². The van der Waals surface area contributed by atoms with Crippen molar-refractivity contribution in [3.8, 4) is 5.75 Å². The number of anilines is 5. The number of benzene rings is 2. The van der Waals surface area contributed by atoms with Crippen molar-refractivity contribution < 1.29 is 19.4 Å². The third-order valence-electron chi connectivity index (χ3n) is 6.76. The van der Waals surface area contributed by atoms with Crippen LogP contribution in [0.15, 0.2) is 48.7 Å². The Hall–Kier alpha value is -3.93. The normalized spacial score (nSPS) is 13.7. The summed E-state index contributed by atoms with van der Waals surface area (Å²) < 4.78 is 5.66. The zero-order valence-corrected chi connectivity index (χ0v) is 23.5. The van der Waals surface area contributed by atoms with Crippen LogP contribution in [0.2, 0.25) is 5.02 Å². The van der Waals surface area contributed by atoms with Crippen LogP contribution in [-0.2, 0) is 4.79 Å². The number of para-hydroxylation sites is 1. The number of halogens is 1. The number of amides is 1. The molecule has 1 amide bonds. The first-order chi connectivity index (χ1) is 19.3. The third-order valence-corrected chi connectivity index (χ3v) is 7.04. The van der Waals surface area contributed by atoms with Gasteiger partial charge in [-0.15, -0.1) is 0 Å². The van der Waals surface area contributed by atoms with Crippen molar-refractivity contribution in [2.45, 2.75) is 18.9 Å². The summed E-state index contributed by atoms with van der Waals surface area (Å²) in [6.07, 6.45) is 3.64. The Morgan fingerprint density at radius 1 is 1.12 bits per heavy atom. The van der Waals surface area contributed by atoms with E-state index < -0.39 is 11.7 Å². The smallest absolute Gasteiger partial charge is 0.292 e. The first kappa shape index (κ1) is 29.1. The summed E-state index contributed by atoms with van der Waals surface area (Å²) >= 11 is 6.37. The van der Waals surface area contributed by atoms with Crippen LogP contribution < -0.4 is 25.6 Å². The summed E-state index contributed by atoms with van der Waals surface area (Å²) in [6.45, 7) is 1.66. The van der Waals surface area contributed by atoms with E-state index in [4.69, 9.17) is 21.4 Å². The molecule has 1 aliphatic rings. The molecule has 3 aromatic rings. The van der Waals surface area contributed by atoms with Gasteiger partial charge in [-0.3, -0.25) is 9.59 Å². The molecule has 0 spiro atoms. The molecular formula is C28H34ClN7O4. The van der Waals surface area contributed by atoms with Gasteiger partial charge in [-0.25, -0.2) is 4.98 Å². The molecule has 0 bridgehead atoms. The highest BCUT2D eigenvalue weighted by Gasteiger charge is 2.22. The molecule has 1 aromatic heterocycles. The molecule has 40 heavy (non-hydrogen) atoms. The van der Waals surface area contributed by atoms with Gasteiger partial charge in [0, 0.05) is 37.4 Å². The first-order valence-corrected chi connectivity index (χ1v) is 13.4. The number of piperidine rings is 1. The monoisotopic (exact) mass is 567 g/mol. The summed E-state index contributed by atoms with van der Waals surface area (Å²) in [5.41, 5.74) is 2.24. The average molecular weight is 568 g/mol. The molecule has 0 aliphatic carbocycles. The highest BCUT2D eigenvalue weighted by atomic mass is 35.5. The van der Waals surface area contributed by atoms with E-state index in [1.165, 1.54) is 12.3 Å². The van der Waals surface area contributed by atoms with E-state index in [-0.39, 0.29) is 35.5 Å². The minimum absolute atomic E-state index is 0.0215. The van der Waals surface area contributed by atoms with Crippen molar-refractivity contribution in [1.82, 2.24) is 20.2 Å². The maximum atomic E-state index is 12.7. The SMILES string of the molecule is COc1cc(N2CCC(N(C)C)CC2)ccc1Nc1ncc(Cl)c(Nc2ccccc2C(=O)C(=O)NCCO)n1. The van der Waals surface area contributed by atoms with Gasteiger partial charge in [0.1, 0.15) is 10.8 Å². The van der Waals surface area contributed by atoms with Gasteiger partial charge >= 0.3 is 0 Å². The minimum atomic E-state index is -0.822. The zero-order chi connectivity index (χ0) is 28.6. The Kier molecular flexibility index (Phi) is 9.75. The van der Waals surface area contributed by atoms with Gasteiger partial charge in [-0.1, -0.05) is 23.7 Å². The van der Waals surface area contributed by atoms with Crippen molar-refractivity contribution >= 4 is 52.1 Å². The second-order valence-corrected chi connectivity index (χ2v) is 9.97. The molecule has 0 atom stereocenters. The molecule has 1 aliphatic heterocycles. The van der Waals surface area contributed by atoms with E-state index in [0.29, 0.717) is 23.2 Å². The van der Waals surface area contributed by atoms with Crippen LogP contribution in [0.1, 0.15) is 23.2 Å². The number of nitrogens with one attached hydrogen (secondary N) is 3. The maximum absolute atomic E-state index is 12.7. The summed E-state index contributed by atoms with van der Waals surface area (Å²) in [4.78, 5) is 38.3. The van der Waals surface area contributed by atoms with Crippen LogP contribution in [0.3, 0.4) is 0 Å². The number of aliphatic hydroxyl groups excluding tert-OH is 1. The highest BCUT2D eigenvalue weighted by Crippen LogP contribution is 2.34. The van der Waals surface area contributed by atoms with Gasteiger partial charge in [0.05, 0.1) is 36.9 Å². The molecular weight excluding hydrogens is 534 g/mol. The van der Waals surface area contributed by atoms with Crippen LogP contribution in [0.25, 0.3) is 0 Å². The minimum Gasteiger partial charge on any atom is -0.494 e. The van der Waals surface area contributed by atoms with E-state index in [9.17, 15) is 9.59 Å². The quantitative estimate of drug-likeness (QED) is 0.202. The summed E-state index contributed by atoms with van der Waals surface area (Å²) in [6, 6.07) is 13.1. The second-order valence-electron chi connectivity index (χ2n) is 9.56. The number of hydrogen-bond donors (Lipinski definition) is 4. The van der Waals surface area contributed by atoms with Crippen molar-refractivity contribution in [2.24, 2.45) is 0 Å². The lowest BCUT2D eigenvalue weighted by Crippen LogP contribution is -2.41. The van der Waals surface area contributed by atoms with Gasteiger partial charge in [-0.05, 0) is 51.2 Å². The number of aromatic nitrogens is 2. The topological polar surface area (TPSA) is 132 Å². The number of ether oxygens (including phenoxy) is 1. The summed E-state index contributed by atoms with van der Waals surface area (Å²) in [7, 11) is 5.87. The molecule has 1 fully saturated rings. The number of ketones is 1. The van der Waals surface area contributed by atoms with Gasteiger partial charge in [0.15, 0.2) is 5.82 Å². The number of hydrogen-bond acceptors (Lipinski definition) is 10. The Labute approximate surface area is 238 Å². The van der Waals surface area contributed by atoms with Gasteiger partial charge < -0.3 is 35.6 Å². The van der Waals surface area contributed by atoms with E-state index in [2.05, 4.69) is 49.8 Å². The standard InChI is InChI=1S/C28H34ClN7O4/c1-35(2)18-10-13-36(14-11-18)19-8-9-23(24(16-19)40-3)33-28-31-17-21(29)26(34-28)32-22-7-5-4-6-20(22)25(38)27(39)30-12-15-37/h4-9,16-18,37H,10-15H2,1-3H3,(H,30,39)(H2,31,32,33,34). The molecule has 2 aromatic carbocycles. The number of Topliss-reactive ketones (excluding diaryl/α,β-unsaturated/α-hetero) is 1. The third kappa shape index (κ3) is 6.98. The molecule has 12 heteroatoms. The zero-order valence-electron chi connectivity index (χ0n) is 22.8. The first-order valence-electron chi connectivity index (χ1n) is 13.0. The molecule has 1 saturated heterocycles. The van der Waals surface area contributed by atoms with E-state index in [1.54, 1.807) is 25.3 Å². The summed E-state index contributed by atoms with van der Waals surface area (Å²) in [5, 5.41) is 17.7. The Morgan fingerprint density at radius 2 is 1.88 bits per heavy atom. The van der Waals surface area contributed by atoms with E-state index >= 15 is 0 Å². The number of rotatable bonds is 11. The lowest BCUT2D eigenvalue weighted by molar-refractivity contribution is -0.117. The van der Waals surface area contributed by atoms with Crippen molar-refractivity contribution in [3.05, 3.63) is 59.2 Å². The van der Waals surface area contributed by atoms with E-state index in [0.717, 1.165) is 31.6 Å². The number of carbonyl (C=O) groups excluding carboxylic acids is 2. The van der Waals surface area contributed by atoms with E-state index in [1.807, 2.05) is 18.2 Å². The fourth-order valence-corrected chi connectivity index (χ4v) is 4.68. The van der Waals surface area contributed by atoms with Crippen LogP contribution in [0, 0.1) is 0 Å². The predicted octanol–water partition coefficient (Wildman–Crippen LogP) is 3.45. The number of methoxy groups -OCH3 is 1. The van der Waals surface area contributed by atoms with Crippen LogP contribution in [-0.4, -0.2) is 85.2 Å². The number of aliphatic hydroxyl groups is 1. The lowest BCUT2D eigenvalue weighted by atomic mass is 10.0. The van der Waals surface area contributed by atoms with Crippen molar-refractivity contribution in [2.75, 3.05) is 63.0 Å². The Morgan fingerprint density at radius 3 is 2.58 bits per heavy atom. The number of carbonyl (C=O) groups is 2. The predicted molar refractivity (Wildman–Crippen MR) is 156 cm³/mol. The summed E-state index contributed by atoms with van der Waals surface area (Å²) in [5.74, 6) is -0.429. The van der Waals surface area contributed by atoms with Crippen LogP contribution in [0.5, 0.6) is 5.75 Å². The van der Waals surface area contributed by atoms with Gasteiger partial charge in [0.2, 0.25) is 5.95 Å².